The van der Waals surface area contributed by atoms with E-state index in [4.69, 9.17) is 5.11 Å². The van der Waals surface area contributed by atoms with Crippen LogP contribution in [0.15, 0.2) is 0 Å². The fourth-order valence-corrected chi connectivity index (χ4v) is 2.93. The van der Waals surface area contributed by atoms with Crippen LogP contribution in [0, 0.1) is 23.2 Å². The first-order valence-electron chi connectivity index (χ1n) is 4.76. The lowest BCUT2D eigenvalue weighted by molar-refractivity contribution is -0.142. The molecule has 0 saturated heterocycles. The highest BCUT2D eigenvalue weighted by atomic mass is 16.4. The van der Waals surface area contributed by atoms with Crippen LogP contribution in [-0.2, 0) is 4.79 Å². The summed E-state index contributed by atoms with van der Waals surface area (Å²) in [4.78, 5) is 10.7. The minimum absolute atomic E-state index is 0.0481. The summed E-state index contributed by atoms with van der Waals surface area (Å²) >= 11 is 0. The van der Waals surface area contributed by atoms with Gasteiger partial charge in [-0.1, -0.05) is 13.8 Å². The van der Waals surface area contributed by atoms with Gasteiger partial charge in [0.2, 0.25) is 0 Å². The standard InChI is InChI=1S/C10H16O2/c1-10(2)7-4-3-6(9(11)12)5-8(7)10/h6-8H,3-5H2,1-2H3,(H,11,12). The summed E-state index contributed by atoms with van der Waals surface area (Å²) in [6.07, 6.45) is 2.96. The predicted molar refractivity (Wildman–Crippen MR) is 45.7 cm³/mol. The van der Waals surface area contributed by atoms with Gasteiger partial charge in [0.1, 0.15) is 0 Å². The molecule has 0 bridgehead atoms. The smallest absolute Gasteiger partial charge is 0.306 e. The Labute approximate surface area is 73.0 Å². The molecule has 68 valence electrons. The molecular weight excluding hydrogens is 152 g/mol. The number of carboxylic acid groups (broad SMARTS) is 1. The fraction of sp³-hybridized carbons (Fsp3) is 0.900. The Morgan fingerprint density at radius 3 is 2.50 bits per heavy atom. The molecule has 12 heavy (non-hydrogen) atoms. The lowest BCUT2D eigenvalue weighted by Crippen LogP contribution is -2.17. The Bertz CT molecular complexity index is 220. The van der Waals surface area contributed by atoms with Gasteiger partial charge in [-0.05, 0) is 36.5 Å². The average molecular weight is 168 g/mol. The largest absolute Gasteiger partial charge is 0.481 e. The second-order valence-corrected chi connectivity index (χ2v) is 4.88. The topological polar surface area (TPSA) is 37.3 Å². The zero-order valence-corrected chi connectivity index (χ0v) is 7.71. The molecule has 0 aliphatic heterocycles. The van der Waals surface area contributed by atoms with Crippen LogP contribution in [0.3, 0.4) is 0 Å². The molecule has 2 heteroatoms. The Morgan fingerprint density at radius 2 is 2.00 bits per heavy atom. The van der Waals surface area contributed by atoms with Crippen LogP contribution < -0.4 is 0 Å². The van der Waals surface area contributed by atoms with Gasteiger partial charge in [-0.15, -0.1) is 0 Å². The number of hydrogen-bond donors (Lipinski definition) is 1. The molecular formula is C10H16O2. The van der Waals surface area contributed by atoms with Crippen molar-refractivity contribution in [3.8, 4) is 0 Å². The highest BCUT2D eigenvalue weighted by Gasteiger charge is 2.59. The maximum absolute atomic E-state index is 10.7. The third-order valence-corrected chi connectivity index (χ3v) is 4.00. The van der Waals surface area contributed by atoms with E-state index in [0.717, 1.165) is 25.2 Å². The van der Waals surface area contributed by atoms with Crippen molar-refractivity contribution in [1.29, 1.82) is 0 Å². The first kappa shape index (κ1) is 8.09. The minimum Gasteiger partial charge on any atom is -0.481 e. The molecule has 0 aromatic rings. The van der Waals surface area contributed by atoms with Gasteiger partial charge in [0.15, 0.2) is 0 Å². The Morgan fingerprint density at radius 1 is 1.33 bits per heavy atom. The van der Waals surface area contributed by atoms with E-state index in [-0.39, 0.29) is 5.92 Å². The number of aliphatic carboxylic acids is 1. The van der Waals surface area contributed by atoms with Gasteiger partial charge in [-0.25, -0.2) is 0 Å². The first-order valence-corrected chi connectivity index (χ1v) is 4.76. The minimum atomic E-state index is -0.587. The molecule has 0 heterocycles. The summed E-state index contributed by atoms with van der Waals surface area (Å²) in [7, 11) is 0. The lowest BCUT2D eigenvalue weighted by atomic mass is 9.89. The average Bonchev–Trinajstić information content (AvgIpc) is 2.55. The van der Waals surface area contributed by atoms with E-state index in [9.17, 15) is 4.79 Å². The van der Waals surface area contributed by atoms with Gasteiger partial charge in [0.25, 0.3) is 0 Å². The van der Waals surface area contributed by atoms with E-state index in [1.807, 2.05) is 0 Å². The molecule has 3 unspecified atom stereocenters. The van der Waals surface area contributed by atoms with Crippen molar-refractivity contribution in [1.82, 2.24) is 0 Å². The molecule has 2 rings (SSSR count). The van der Waals surface area contributed by atoms with Crippen LogP contribution in [0.25, 0.3) is 0 Å². The SMILES string of the molecule is CC1(C)C2CCC(C(=O)O)CC21. The van der Waals surface area contributed by atoms with E-state index in [0.29, 0.717) is 11.3 Å². The Balaban J connectivity index is 2.01. The molecule has 2 nitrogen and oxygen atoms in total. The third kappa shape index (κ3) is 0.970. The second-order valence-electron chi connectivity index (χ2n) is 4.88. The number of carboxylic acids is 1. The monoisotopic (exact) mass is 168 g/mol. The van der Waals surface area contributed by atoms with E-state index in [1.54, 1.807) is 0 Å². The number of carbonyl (C=O) groups is 1. The first-order chi connectivity index (χ1) is 5.53. The van der Waals surface area contributed by atoms with Crippen molar-refractivity contribution in [3.05, 3.63) is 0 Å². The van der Waals surface area contributed by atoms with Crippen molar-refractivity contribution >= 4 is 5.97 Å². The molecule has 2 saturated carbocycles. The predicted octanol–water partition coefficient (Wildman–Crippen LogP) is 2.14. The summed E-state index contributed by atoms with van der Waals surface area (Å²) < 4.78 is 0. The zero-order chi connectivity index (χ0) is 8.93. The zero-order valence-electron chi connectivity index (χ0n) is 7.71. The van der Waals surface area contributed by atoms with Crippen molar-refractivity contribution in [2.45, 2.75) is 33.1 Å². The Kier molecular flexibility index (Phi) is 1.51. The fourth-order valence-electron chi connectivity index (χ4n) is 2.93. The molecule has 3 atom stereocenters. The molecule has 0 spiro atoms. The van der Waals surface area contributed by atoms with Crippen molar-refractivity contribution < 1.29 is 9.90 Å². The summed E-state index contributed by atoms with van der Waals surface area (Å²) in [5.74, 6) is 0.893. The van der Waals surface area contributed by atoms with Crippen LogP contribution in [0.4, 0.5) is 0 Å². The molecule has 0 aromatic carbocycles. The van der Waals surface area contributed by atoms with Crippen LogP contribution >= 0.6 is 0 Å². The van der Waals surface area contributed by atoms with Crippen molar-refractivity contribution in [2.24, 2.45) is 23.2 Å². The normalized spacial score (nSPS) is 43.3. The maximum Gasteiger partial charge on any atom is 0.306 e. The van der Waals surface area contributed by atoms with Gasteiger partial charge in [-0.3, -0.25) is 4.79 Å². The van der Waals surface area contributed by atoms with E-state index in [2.05, 4.69) is 13.8 Å². The molecule has 0 amide bonds. The molecule has 2 aliphatic rings. The number of hydrogen-bond acceptors (Lipinski definition) is 1. The summed E-state index contributed by atoms with van der Waals surface area (Å²) in [6.45, 7) is 4.54. The number of fused-ring (bicyclic) bond motifs is 1. The number of rotatable bonds is 1. The van der Waals surface area contributed by atoms with E-state index >= 15 is 0 Å². The van der Waals surface area contributed by atoms with Crippen LogP contribution in [0.1, 0.15) is 33.1 Å². The molecule has 1 N–H and O–H groups in total. The van der Waals surface area contributed by atoms with Gasteiger partial charge >= 0.3 is 5.97 Å². The molecule has 0 aromatic heterocycles. The van der Waals surface area contributed by atoms with Crippen molar-refractivity contribution in [2.75, 3.05) is 0 Å². The lowest BCUT2D eigenvalue weighted by Gasteiger charge is -2.15. The van der Waals surface area contributed by atoms with Gasteiger partial charge < -0.3 is 5.11 Å². The van der Waals surface area contributed by atoms with Gasteiger partial charge in [0.05, 0.1) is 5.92 Å². The molecule has 2 aliphatic carbocycles. The van der Waals surface area contributed by atoms with Crippen LogP contribution in [0.5, 0.6) is 0 Å². The third-order valence-electron chi connectivity index (χ3n) is 4.00. The van der Waals surface area contributed by atoms with Crippen molar-refractivity contribution in [3.63, 3.8) is 0 Å². The van der Waals surface area contributed by atoms with Crippen LogP contribution in [0.2, 0.25) is 0 Å². The summed E-state index contributed by atoms with van der Waals surface area (Å²) in [5, 5.41) is 8.84. The molecule has 0 radical (unpaired) electrons. The molecule has 2 fully saturated rings. The summed E-state index contributed by atoms with van der Waals surface area (Å²) in [5.41, 5.74) is 0.449. The Hall–Kier alpha value is -0.530. The van der Waals surface area contributed by atoms with Crippen LogP contribution in [-0.4, -0.2) is 11.1 Å². The second kappa shape index (κ2) is 2.24. The summed E-state index contributed by atoms with van der Waals surface area (Å²) in [6, 6.07) is 0. The quantitative estimate of drug-likeness (QED) is 0.651. The van der Waals surface area contributed by atoms with Gasteiger partial charge in [-0.2, -0.15) is 0 Å². The highest BCUT2D eigenvalue weighted by Crippen LogP contribution is 2.65. The van der Waals surface area contributed by atoms with E-state index in [1.165, 1.54) is 0 Å². The highest BCUT2D eigenvalue weighted by molar-refractivity contribution is 5.70. The maximum atomic E-state index is 10.7. The van der Waals surface area contributed by atoms with Gasteiger partial charge in [0, 0.05) is 0 Å². The van der Waals surface area contributed by atoms with E-state index < -0.39 is 5.97 Å².